The van der Waals surface area contributed by atoms with Crippen molar-refractivity contribution in [2.45, 2.75) is 13.0 Å². The number of nitrogens with zero attached hydrogens (tertiary/aromatic N) is 6. The first kappa shape index (κ1) is 25.7. The molecule has 0 bridgehead atoms. The molecule has 0 unspecified atom stereocenters. The molecule has 5 heterocycles. The smallest absolute Gasteiger partial charge is 0.291 e. The molecule has 0 spiro atoms. The molecule has 0 saturated carbocycles. The highest BCUT2D eigenvalue weighted by molar-refractivity contribution is 7.15. The number of hydrogen-bond donors (Lipinski definition) is 0. The summed E-state index contributed by atoms with van der Waals surface area (Å²) in [6.07, 6.45) is 3.47. The lowest BCUT2D eigenvalue weighted by Gasteiger charge is -2.37. The van der Waals surface area contributed by atoms with E-state index in [1.54, 1.807) is 19.4 Å². The Bertz CT molecular complexity index is 1990. The molecule has 12 heteroatoms. The number of fused-ring (bicyclic) bond motifs is 1. The minimum atomic E-state index is -0.494. The van der Waals surface area contributed by atoms with Crippen molar-refractivity contribution in [1.82, 2.24) is 24.1 Å². The average molecular weight is 575 g/mol. The maximum Gasteiger partial charge on any atom is 0.291 e. The van der Waals surface area contributed by atoms with Crippen LogP contribution in [0.15, 0.2) is 46.1 Å². The number of pyridine rings is 1. The summed E-state index contributed by atoms with van der Waals surface area (Å²) in [5.41, 5.74) is 1.28. The number of ether oxygens (including phenoxy) is 2. The molecule has 10 nitrogen and oxygen atoms in total. The van der Waals surface area contributed by atoms with Crippen LogP contribution < -0.4 is 29.9 Å². The quantitative estimate of drug-likeness (QED) is 0.323. The van der Waals surface area contributed by atoms with Gasteiger partial charge in [0.25, 0.3) is 5.56 Å². The second kappa shape index (κ2) is 9.67. The summed E-state index contributed by atoms with van der Waals surface area (Å²) in [7, 11) is 3.64. The molecule has 2 aromatic carbocycles. The number of piperazine rings is 1. The van der Waals surface area contributed by atoms with Crippen LogP contribution in [0.1, 0.15) is 18.5 Å². The number of aromatic nitrogens is 4. The molecular formula is C29H27FN6O4S. The van der Waals surface area contributed by atoms with E-state index in [2.05, 4.69) is 15.0 Å². The van der Waals surface area contributed by atoms with Crippen molar-refractivity contribution in [3.05, 3.63) is 73.0 Å². The number of thiazole rings is 1. The number of likely N-dealkylation sites (N-methyl/N-ethyl adjacent to an activating group) is 1. The second-order valence-corrected chi connectivity index (χ2v) is 11.5. The first-order valence-electron chi connectivity index (χ1n) is 13.4. The Morgan fingerprint density at radius 3 is 2.61 bits per heavy atom. The number of halogens is 1. The van der Waals surface area contributed by atoms with Gasteiger partial charge >= 0.3 is 0 Å². The average Bonchev–Trinajstić information content (AvgIpc) is 3.51. The van der Waals surface area contributed by atoms with E-state index in [0.29, 0.717) is 46.1 Å². The third-order valence-corrected chi connectivity index (χ3v) is 8.76. The van der Waals surface area contributed by atoms with Gasteiger partial charge < -0.3 is 23.8 Å². The minimum Gasteiger partial charge on any atom is -0.497 e. The molecule has 210 valence electrons. The van der Waals surface area contributed by atoms with Crippen LogP contribution in [0.4, 0.5) is 10.1 Å². The number of anilines is 1. The Labute approximate surface area is 237 Å². The van der Waals surface area contributed by atoms with Crippen LogP contribution >= 0.6 is 11.3 Å². The van der Waals surface area contributed by atoms with Crippen molar-refractivity contribution in [2.24, 2.45) is 0 Å². The van der Waals surface area contributed by atoms with Crippen LogP contribution in [0.3, 0.4) is 0 Å². The molecule has 0 radical (unpaired) electrons. The Morgan fingerprint density at radius 2 is 1.90 bits per heavy atom. The molecule has 0 N–H and O–H groups in total. The van der Waals surface area contributed by atoms with Gasteiger partial charge in [0.2, 0.25) is 10.4 Å². The number of rotatable bonds is 4. The molecule has 2 aliphatic rings. The SMILES string of the molecule is COc1ccc(/C=c2/sc3nc(-c4cn5c6c(c(N7CCN(C)CC7)c(F)cc6c4=O)OC[C@@H]5C)nn3c2=O)cc1. The monoisotopic (exact) mass is 574 g/mol. The van der Waals surface area contributed by atoms with Crippen molar-refractivity contribution in [3.8, 4) is 22.9 Å². The van der Waals surface area contributed by atoms with Crippen molar-refractivity contribution in [1.29, 1.82) is 0 Å². The van der Waals surface area contributed by atoms with Gasteiger partial charge in [0.05, 0.1) is 34.2 Å². The summed E-state index contributed by atoms with van der Waals surface area (Å²) in [6.45, 7) is 5.25. The fraction of sp³-hybridized carbons (Fsp3) is 0.310. The van der Waals surface area contributed by atoms with Crippen molar-refractivity contribution < 1.29 is 13.9 Å². The summed E-state index contributed by atoms with van der Waals surface area (Å²) >= 11 is 1.19. The van der Waals surface area contributed by atoms with Gasteiger partial charge in [-0.3, -0.25) is 9.59 Å². The summed E-state index contributed by atoms with van der Waals surface area (Å²) in [6, 6.07) is 8.54. The van der Waals surface area contributed by atoms with E-state index < -0.39 is 11.2 Å². The van der Waals surface area contributed by atoms with Crippen LogP contribution in [-0.4, -0.2) is 71.0 Å². The lowest BCUT2D eigenvalue weighted by Crippen LogP contribution is -2.45. The highest BCUT2D eigenvalue weighted by Crippen LogP contribution is 2.42. The largest absolute Gasteiger partial charge is 0.497 e. The fourth-order valence-electron chi connectivity index (χ4n) is 5.50. The Morgan fingerprint density at radius 1 is 1.15 bits per heavy atom. The molecule has 7 rings (SSSR count). The molecule has 0 aliphatic carbocycles. The highest BCUT2D eigenvalue weighted by atomic mass is 32.1. The summed E-state index contributed by atoms with van der Waals surface area (Å²) in [5, 5.41) is 4.62. The van der Waals surface area contributed by atoms with Gasteiger partial charge in [-0.2, -0.15) is 9.50 Å². The van der Waals surface area contributed by atoms with Gasteiger partial charge in [0.1, 0.15) is 18.0 Å². The third-order valence-electron chi connectivity index (χ3n) is 7.80. The third kappa shape index (κ3) is 4.16. The second-order valence-electron chi connectivity index (χ2n) is 10.5. The predicted octanol–water partition coefficient (Wildman–Crippen LogP) is 2.53. The van der Waals surface area contributed by atoms with Crippen LogP contribution in [0.2, 0.25) is 0 Å². The first-order chi connectivity index (χ1) is 19.8. The number of benzene rings is 2. The first-order valence-corrected chi connectivity index (χ1v) is 14.2. The van der Waals surface area contributed by atoms with Crippen molar-refractivity contribution in [3.63, 3.8) is 0 Å². The molecule has 1 saturated heterocycles. The lowest BCUT2D eigenvalue weighted by molar-refractivity contribution is 0.245. The fourth-order valence-corrected chi connectivity index (χ4v) is 6.40. The maximum atomic E-state index is 15.7. The van der Waals surface area contributed by atoms with E-state index in [1.165, 1.54) is 21.9 Å². The van der Waals surface area contributed by atoms with Crippen LogP contribution in [-0.2, 0) is 0 Å². The molecule has 3 aromatic heterocycles. The summed E-state index contributed by atoms with van der Waals surface area (Å²) < 4.78 is 30.6. The molecule has 1 atom stereocenters. The van der Waals surface area contributed by atoms with E-state index in [0.717, 1.165) is 24.4 Å². The van der Waals surface area contributed by atoms with E-state index in [4.69, 9.17) is 9.47 Å². The number of hydrogen-bond acceptors (Lipinski definition) is 9. The Hall–Kier alpha value is -4.29. The molecule has 5 aromatic rings. The maximum absolute atomic E-state index is 15.7. The topological polar surface area (TPSA) is 94.2 Å². The zero-order chi connectivity index (χ0) is 28.4. The van der Waals surface area contributed by atoms with Crippen molar-refractivity contribution >= 4 is 39.0 Å². The van der Waals surface area contributed by atoms with Gasteiger partial charge in [-0.15, -0.1) is 5.10 Å². The molecular weight excluding hydrogens is 547 g/mol. The van der Waals surface area contributed by atoms with E-state index in [9.17, 15) is 9.59 Å². The Kier molecular flexibility index (Phi) is 6.05. The summed E-state index contributed by atoms with van der Waals surface area (Å²) in [5.74, 6) is 0.752. The highest BCUT2D eigenvalue weighted by Gasteiger charge is 2.31. The minimum absolute atomic E-state index is 0.111. The standard InChI is InChI=1S/C29H27FN6O4S/c1-16-15-40-26-23-19(13-21(30)24(26)34-10-8-33(2)9-11-34)25(37)20(14-35(16)23)27-31-29-36(32-27)28(38)22(41-29)12-17-4-6-18(39-3)7-5-17/h4-7,12-14,16H,8-11,15H2,1-3H3/b22-12+/t16-/m0/s1. The van der Waals surface area contributed by atoms with E-state index in [1.807, 2.05) is 47.7 Å². The molecule has 2 aliphatic heterocycles. The van der Waals surface area contributed by atoms with Crippen molar-refractivity contribution in [2.75, 3.05) is 51.8 Å². The van der Waals surface area contributed by atoms with Gasteiger partial charge in [0, 0.05) is 32.4 Å². The zero-order valence-electron chi connectivity index (χ0n) is 22.8. The van der Waals surface area contributed by atoms with Gasteiger partial charge in [0.15, 0.2) is 17.4 Å². The zero-order valence-corrected chi connectivity index (χ0v) is 23.6. The van der Waals surface area contributed by atoms with E-state index in [-0.39, 0.29) is 28.4 Å². The van der Waals surface area contributed by atoms with Gasteiger partial charge in [-0.25, -0.2) is 4.39 Å². The molecule has 41 heavy (non-hydrogen) atoms. The summed E-state index contributed by atoms with van der Waals surface area (Å²) in [4.78, 5) is 36.0. The molecule has 0 amide bonds. The van der Waals surface area contributed by atoms with Gasteiger partial charge in [-0.1, -0.05) is 23.5 Å². The predicted molar refractivity (Wildman–Crippen MR) is 156 cm³/mol. The van der Waals surface area contributed by atoms with Crippen LogP contribution in [0.5, 0.6) is 11.5 Å². The Balaban J connectivity index is 1.35. The van der Waals surface area contributed by atoms with Crippen LogP contribution in [0, 0.1) is 5.82 Å². The van der Waals surface area contributed by atoms with Gasteiger partial charge in [-0.05, 0) is 43.8 Å². The number of methoxy groups -OCH3 is 1. The van der Waals surface area contributed by atoms with E-state index >= 15 is 4.39 Å². The molecule has 1 fully saturated rings. The lowest BCUT2D eigenvalue weighted by atomic mass is 10.0. The van der Waals surface area contributed by atoms with Crippen LogP contribution in [0.25, 0.3) is 33.3 Å². The normalized spacial score (nSPS) is 17.9.